The van der Waals surface area contributed by atoms with E-state index in [4.69, 9.17) is 11.6 Å². The van der Waals surface area contributed by atoms with E-state index in [2.05, 4.69) is 22.0 Å². The molecular formula is C19H27ClFN3O. The zero-order valence-corrected chi connectivity index (χ0v) is 15.6. The van der Waals surface area contributed by atoms with Crippen LogP contribution in [0.2, 0.25) is 5.02 Å². The predicted molar refractivity (Wildman–Crippen MR) is 98.1 cm³/mol. The number of benzene rings is 1. The molecule has 1 heterocycles. The number of halogens is 2. The molecule has 0 radical (unpaired) electrons. The van der Waals surface area contributed by atoms with Gasteiger partial charge in [0.25, 0.3) is 0 Å². The minimum Gasteiger partial charge on any atom is -0.352 e. The Kier molecular flexibility index (Phi) is 6.31. The van der Waals surface area contributed by atoms with E-state index in [0.717, 1.165) is 45.3 Å². The summed E-state index contributed by atoms with van der Waals surface area (Å²) in [5.74, 6) is -0.264. The molecule has 1 aromatic rings. The van der Waals surface area contributed by atoms with Gasteiger partial charge in [0.2, 0.25) is 5.91 Å². The van der Waals surface area contributed by atoms with Gasteiger partial charge in [-0.25, -0.2) is 4.39 Å². The summed E-state index contributed by atoms with van der Waals surface area (Å²) in [7, 11) is 0. The standard InChI is InChI=1S/C19H27ClFN3O/c1-2-23-10-8-14(9-11-23)22-19(25)13-24(15-6-7-15)12-16-17(20)4-3-5-18(16)21/h3-5,14-15H,2,6-13H2,1H3,(H,22,25). The summed E-state index contributed by atoms with van der Waals surface area (Å²) >= 11 is 6.15. The fourth-order valence-electron chi connectivity index (χ4n) is 3.49. The van der Waals surface area contributed by atoms with E-state index in [1.807, 2.05) is 0 Å². The molecule has 0 unspecified atom stereocenters. The van der Waals surface area contributed by atoms with E-state index in [1.165, 1.54) is 6.07 Å². The predicted octanol–water partition coefficient (Wildman–Crippen LogP) is 3.04. The van der Waals surface area contributed by atoms with Crippen LogP contribution in [0.3, 0.4) is 0 Å². The van der Waals surface area contributed by atoms with Crippen LogP contribution >= 0.6 is 11.6 Å². The highest BCUT2D eigenvalue weighted by molar-refractivity contribution is 6.31. The van der Waals surface area contributed by atoms with Gasteiger partial charge in [0, 0.05) is 42.3 Å². The topological polar surface area (TPSA) is 35.6 Å². The van der Waals surface area contributed by atoms with Crippen molar-refractivity contribution in [2.45, 2.75) is 51.2 Å². The highest BCUT2D eigenvalue weighted by Gasteiger charge is 2.32. The van der Waals surface area contributed by atoms with Gasteiger partial charge in [-0.15, -0.1) is 0 Å². The van der Waals surface area contributed by atoms with Crippen LogP contribution in [-0.4, -0.2) is 54.0 Å². The third-order valence-electron chi connectivity index (χ3n) is 5.23. The molecule has 6 heteroatoms. The molecule has 1 saturated heterocycles. The van der Waals surface area contributed by atoms with Crippen LogP contribution in [0.1, 0.15) is 38.2 Å². The van der Waals surface area contributed by atoms with Crippen LogP contribution < -0.4 is 5.32 Å². The van der Waals surface area contributed by atoms with Gasteiger partial charge in [0.15, 0.2) is 0 Å². The molecule has 3 rings (SSSR count). The molecule has 2 aliphatic rings. The average molecular weight is 368 g/mol. The molecule has 1 amide bonds. The van der Waals surface area contributed by atoms with Crippen LogP contribution in [-0.2, 0) is 11.3 Å². The maximum absolute atomic E-state index is 14.1. The highest BCUT2D eigenvalue weighted by atomic mass is 35.5. The number of carbonyl (C=O) groups is 1. The lowest BCUT2D eigenvalue weighted by molar-refractivity contribution is -0.123. The van der Waals surface area contributed by atoms with Crippen molar-refractivity contribution in [3.8, 4) is 0 Å². The van der Waals surface area contributed by atoms with Crippen molar-refractivity contribution in [2.24, 2.45) is 0 Å². The van der Waals surface area contributed by atoms with Crippen molar-refractivity contribution in [3.05, 3.63) is 34.6 Å². The first kappa shape index (κ1) is 18.6. The molecule has 1 aliphatic carbocycles. The SMILES string of the molecule is CCN1CCC(NC(=O)CN(Cc2c(F)cccc2Cl)C2CC2)CC1. The normalized spacial score (nSPS) is 19.4. The number of hydrogen-bond acceptors (Lipinski definition) is 3. The van der Waals surface area contributed by atoms with Crippen LogP contribution in [0.15, 0.2) is 18.2 Å². The summed E-state index contributed by atoms with van der Waals surface area (Å²) in [6.45, 7) is 6.01. The number of likely N-dealkylation sites (tertiary alicyclic amines) is 1. The molecule has 1 N–H and O–H groups in total. The maximum Gasteiger partial charge on any atom is 0.234 e. The Balaban J connectivity index is 1.54. The minimum absolute atomic E-state index is 0.0364. The molecular weight excluding hydrogens is 341 g/mol. The molecule has 0 spiro atoms. The quantitative estimate of drug-likeness (QED) is 0.804. The summed E-state index contributed by atoms with van der Waals surface area (Å²) < 4.78 is 14.1. The smallest absolute Gasteiger partial charge is 0.234 e. The number of carbonyl (C=O) groups excluding carboxylic acids is 1. The molecule has 138 valence electrons. The molecule has 0 bridgehead atoms. The molecule has 4 nitrogen and oxygen atoms in total. The van der Waals surface area contributed by atoms with Gasteiger partial charge < -0.3 is 10.2 Å². The lowest BCUT2D eigenvalue weighted by Gasteiger charge is -2.32. The number of hydrogen-bond donors (Lipinski definition) is 1. The number of nitrogens with one attached hydrogen (secondary N) is 1. The Labute approximate surface area is 154 Å². The molecule has 2 fully saturated rings. The summed E-state index contributed by atoms with van der Waals surface area (Å²) in [4.78, 5) is 16.9. The van der Waals surface area contributed by atoms with E-state index in [1.54, 1.807) is 12.1 Å². The Bertz CT molecular complexity index is 580. The Morgan fingerprint density at radius 1 is 1.32 bits per heavy atom. The largest absolute Gasteiger partial charge is 0.352 e. The van der Waals surface area contributed by atoms with E-state index < -0.39 is 0 Å². The molecule has 0 atom stereocenters. The van der Waals surface area contributed by atoms with Gasteiger partial charge in [-0.05, 0) is 44.4 Å². The molecule has 25 heavy (non-hydrogen) atoms. The number of rotatable bonds is 7. The first-order chi connectivity index (χ1) is 12.1. The van der Waals surface area contributed by atoms with Crippen molar-refractivity contribution >= 4 is 17.5 Å². The zero-order valence-electron chi connectivity index (χ0n) is 14.8. The fourth-order valence-corrected chi connectivity index (χ4v) is 3.71. The second kappa shape index (κ2) is 8.47. The van der Waals surface area contributed by atoms with Crippen LogP contribution in [0, 0.1) is 5.82 Å². The van der Waals surface area contributed by atoms with Gasteiger partial charge in [-0.1, -0.05) is 24.6 Å². The van der Waals surface area contributed by atoms with Crippen molar-refractivity contribution in [2.75, 3.05) is 26.2 Å². The van der Waals surface area contributed by atoms with E-state index >= 15 is 0 Å². The van der Waals surface area contributed by atoms with Gasteiger partial charge in [-0.3, -0.25) is 9.69 Å². The Morgan fingerprint density at radius 2 is 2.04 bits per heavy atom. The third kappa shape index (κ3) is 5.16. The van der Waals surface area contributed by atoms with Crippen molar-refractivity contribution in [1.29, 1.82) is 0 Å². The average Bonchev–Trinajstić information content (AvgIpc) is 3.43. The summed E-state index contributed by atoms with van der Waals surface area (Å²) in [6, 6.07) is 5.36. The lowest BCUT2D eigenvalue weighted by Crippen LogP contribution is -2.47. The summed E-state index contributed by atoms with van der Waals surface area (Å²) in [5.41, 5.74) is 0.486. The van der Waals surface area contributed by atoms with Gasteiger partial charge in [-0.2, -0.15) is 0 Å². The van der Waals surface area contributed by atoms with Crippen LogP contribution in [0.4, 0.5) is 4.39 Å². The molecule has 0 aromatic heterocycles. The van der Waals surface area contributed by atoms with Crippen molar-refractivity contribution < 1.29 is 9.18 Å². The van der Waals surface area contributed by atoms with Crippen molar-refractivity contribution in [1.82, 2.24) is 15.1 Å². The van der Waals surface area contributed by atoms with Crippen molar-refractivity contribution in [3.63, 3.8) is 0 Å². The van der Waals surface area contributed by atoms with E-state index in [9.17, 15) is 9.18 Å². The zero-order chi connectivity index (χ0) is 17.8. The maximum atomic E-state index is 14.1. The van der Waals surface area contributed by atoms with Gasteiger partial charge >= 0.3 is 0 Å². The van der Waals surface area contributed by atoms with Crippen LogP contribution in [0.25, 0.3) is 0 Å². The van der Waals surface area contributed by atoms with Gasteiger partial charge in [0.1, 0.15) is 5.82 Å². The molecule has 1 aromatic carbocycles. The monoisotopic (exact) mass is 367 g/mol. The first-order valence-electron chi connectivity index (χ1n) is 9.25. The lowest BCUT2D eigenvalue weighted by atomic mass is 10.1. The summed E-state index contributed by atoms with van der Waals surface area (Å²) in [5, 5.41) is 3.59. The second-order valence-electron chi connectivity index (χ2n) is 7.11. The number of amides is 1. The Morgan fingerprint density at radius 3 is 2.64 bits per heavy atom. The second-order valence-corrected chi connectivity index (χ2v) is 7.52. The van der Waals surface area contributed by atoms with Gasteiger partial charge in [0.05, 0.1) is 6.54 Å². The fraction of sp³-hybridized carbons (Fsp3) is 0.632. The molecule has 1 saturated carbocycles. The Hall–Kier alpha value is -1.17. The number of nitrogens with zero attached hydrogens (tertiary/aromatic N) is 2. The number of piperidine rings is 1. The van der Waals surface area contributed by atoms with Crippen LogP contribution in [0.5, 0.6) is 0 Å². The third-order valence-corrected chi connectivity index (χ3v) is 5.59. The summed E-state index contributed by atoms with van der Waals surface area (Å²) in [6.07, 6.45) is 4.13. The van der Waals surface area contributed by atoms with E-state index in [0.29, 0.717) is 29.7 Å². The highest BCUT2D eigenvalue weighted by Crippen LogP contribution is 2.30. The van der Waals surface area contributed by atoms with E-state index in [-0.39, 0.29) is 17.8 Å². The minimum atomic E-state index is -0.300. The first-order valence-corrected chi connectivity index (χ1v) is 9.63. The molecule has 1 aliphatic heterocycles.